The van der Waals surface area contributed by atoms with Crippen LogP contribution >= 0.6 is 15.9 Å². The summed E-state index contributed by atoms with van der Waals surface area (Å²) < 4.78 is 41.2. The number of hydrogen-bond donors (Lipinski definition) is 1. The van der Waals surface area contributed by atoms with E-state index < -0.39 is 22.0 Å². The van der Waals surface area contributed by atoms with E-state index in [0.717, 1.165) is 30.5 Å². The summed E-state index contributed by atoms with van der Waals surface area (Å²) in [6.45, 7) is 1.02. The number of hydrogen-bond acceptors (Lipinski definition) is 7. The SMILES string of the molecule is CN([C@@H]1CCCc2c1cnn2CC(=O)O)S(=O)(=O)c1cnc(OC2CCOCC2)c(Br)c1. The Bertz CT molecular complexity index is 1100. The van der Waals surface area contributed by atoms with Crippen LogP contribution in [-0.4, -0.2) is 64.9 Å². The molecule has 3 heterocycles. The van der Waals surface area contributed by atoms with E-state index in [1.54, 1.807) is 6.20 Å². The number of aromatic nitrogens is 3. The molecular weight excluding hydrogens is 504 g/mol. The topological polar surface area (TPSA) is 124 Å². The first-order valence-electron chi connectivity index (χ1n) is 10.4. The number of ether oxygens (including phenoxy) is 2. The molecule has 12 heteroatoms. The molecule has 0 radical (unpaired) electrons. The second kappa shape index (κ2) is 9.46. The van der Waals surface area contributed by atoms with Gasteiger partial charge in [-0.3, -0.25) is 9.48 Å². The van der Waals surface area contributed by atoms with Crippen molar-refractivity contribution in [1.29, 1.82) is 0 Å². The van der Waals surface area contributed by atoms with Crippen molar-refractivity contribution < 1.29 is 27.8 Å². The monoisotopic (exact) mass is 528 g/mol. The Balaban J connectivity index is 1.55. The molecule has 1 aliphatic carbocycles. The Labute approximate surface area is 194 Å². The first-order chi connectivity index (χ1) is 15.3. The van der Waals surface area contributed by atoms with E-state index in [1.807, 2.05) is 0 Å². The van der Waals surface area contributed by atoms with Crippen LogP contribution in [0.4, 0.5) is 0 Å². The molecule has 1 N–H and O–H groups in total. The molecule has 1 fully saturated rings. The second-order valence-corrected chi connectivity index (χ2v) is 10.8. The number of carbonyl (C=O) groups is 1. The number of fused-ring (bicyclic) bond motifs is 1. The van der Waals surface area contributed by atoms with Crippen molar-refractivity contribution in [1.82, 2.24) is 19.1 Å². The molecule has 2 aromatic rings. The molecule has 1 saturated heterocycles. The van der Waals surface area contributed by atoms with Gasteiger partial charge in [0, 0.05) is 31.1 Å². The maximum absolute atomic E-state index is 13.4. The fourth-order valence-electron chi connectivity index (χ4n) is 4.16. The summed E-state index contributed by atoms with van der Waals surface area (Å²) in [6, 6.07) is 1.08. The third-order valence-corrected chi connectivity index (χ3v) is 8.26. The molecule has 4 rings (SSSR count). The average molecular weight is 529 g/mol. The van der Waals surface area contributed by atoms with E-state index in [4.69, 9.17) is 14.6 Å². The molecule has 0 aromatic carbocycles. The van der Waals surface area contributed by atoms with Crippen LogP contribution in [0, 0.1) is 0 Å². The lowest BCUT2D eigenvalue weighted by molar-refractivity contribution is -0.137. The molecule has 32 heavy (non-hydrogen) atoms. The fraction of sp³-hybridized carbons (Fsp3) is 0.550. The van der Waals surface area contributed by atoms with Gasteiger partial charge in [-0.15, -0.1) is 0 Å². The van der Waals surface area contributed by atoms with Gasteiger partial charge in [-0.05, 0) is 41.3 Å². The van der Waals surface area contributed by atoms with Gasteiger partial charge in [0.05, 0.1) is 36.1 Å². The molecule has 2 aliphatic rings. The minimum absolute atomic E-state index is 0.0133. The van der Waals surface area contributed by atoms with E-state index in [1.165, 1.54) is 28.3 Å². The van der Waals surface area contributed by atoms with Gasteiger partial charge in [0.25, 0.3) is 0 Å². The second-order valence-electron chi connectivity index (χ2n) is 7.91. The van der Waals surface area contributed by atoms with Crippen LogP contribution in [-0.2, 0) is 32.5 Å². The number of nitrogens with zero attached hydrogens (tertiary/aromatic N) is 4. The van der Waals surface area contributed by atoms with Gasteiger partial charge in [-0.1, -0.05) is 0 Å². The minimum atomic E-state index is -3.86. The van der Waals surface area contributed by atoms with E-state index in [2.05, 4.69) is 26.0 Å². The number of carboxylic acids is 1. The summed E-state index contributed by atoms with van der Waals surface area (Å²) in [5.41, 5.74) is 1.51. The van der Waals surface area contributed by atoms with Crippen molar-refractivity contribution in [3.63, 3.8) is 0 Å². The highest BCUT2D eigenvalue weighted by atomic mass is 79.9. The Morgan fingerprint density at radius 2 is 2.09 bits per heavy atom. The van der Waals surface area contributed by atoms with Crippen LogP contribution in [0.3, 0.4) is 0 Å². The Morgan fingerprint density at radius 1 is 1.34 bits per heavy atom. The summed E-state index contributed by atoms with van der Waals surface area (Å²) in [6.07, 6.45) is 6.42. The lowest BCUT2D eigenvalue weighted by atomic mass is 9.93. The molecule has 174 valence electrons. The molecule has 0 bridgehead atoms. The van der Waals surface area contributed by atoms with E-state index in [-0.39, 0.29) is 17.5 Å². The standard InChI is InChI=1S/C20H25BrN4O6S/c1-24(17-3-2-4-18-15(17)11-23-25(18)12-19(26)27)32(28,29)14-9-16(21)20(22-10-14)31-13-5-7-30-8-6-13/h9-11,13,17H,2-8,12H2,1H3,(H,26,27)/t17-/m1/s1. The van der Waals surface area contributed by atoms with Gasteiger partial charge in [0.1, 0.15) is 17.5 Å². The van der Waals surface area contributed by atoms with E-state index in [0.29, 0.717) is 36.4 Å². The molecule has 0 spiro atoms. The predicted octanol–water partition coefficient (Wildman–Crippen LogP) is 2.38. The average Bonchev–Trinajstić information content (AvgIpc) is 3.17. The Morgan fingerprint density at radius 3 is 2.78 bits per heavy atom. The smallest absolute Gasteiger partial charge is 0.325 e. The van der Waals surface area contributed by atoms with Crippen LogP contribution in [0.15, 0.2) is 27.8 Å². The molecule has 2 aromatic heterocycles. The highest BCUT2D eigenvalue weighted by Crippen LogP contribution is 2.37. The summed E-state index contributed by atoms with van der Waals surface area (Å²) >= 11 is 3.39. The third kappa shape index (κ3) is 4.68. The molecule has 0 unspecified atom stereocenters. The zero-order chi connectivity index (χ0) is 22.9. The largest absolute Gasteiger partial charge is 0.480 e. The predicted molar refractivity (Wildman–Crippen MR) is 117 cm³/mol. The van der Waals surface area contributed by atoms with Gasteiger partial charge in [-0.25, -0.2) is 13.4 Å². The molecular formula is C20H25BrN4O6S. The van der Waals surface area contributed by atoms with Gasteiger partial charge in [0.15, 0.2) is 0 Å². The summed E-state index contributed by atoms with van der Waals surface area (Å²) in [4.78, 5) is 15.4. The quantitative estimate of drug-likeness (QED) is 0.580. The number of rotatable bonds is 7. The van der Waals surface area contributed by atoms with Crippen molar-refractivity contribution in [2.75, 3.05) is 20.3 Å². The van der Waals surface area contributed by atoms with Crippen molar-refractivity contribution in [2.45, 2.75) is 55.7 Å². The van der Waals surface area contributed by atoms with E-state index >= 15 is 0 Å². The van der Waals surface area contributed by atoms with Gasteiger partial charge in [-0.2, -0.15) is 9.40 Å². The van der Waals surface area contributed by atoms with Crippen LogP contribution in [0.5, 0.6) is 5.88 Å². The van der Waals surface area contributed by atoms with Crippen LogP contribution < -0.4 is 4.74 Å². The van der Waals surface area contributed by atoms with E-state index in [9.17, 15) is 13.2 Å². The number of aliphatic carboxylic acids is 1. The first kappa shape index (κ1) is 23.1. The number of pyridine rings is 1. The summed E-state index contributed by atoms with van der Waals surface area (Å²) in [7, 11) is -2.32. The Kier molecular flexibility index (Phi) is 6.84. The molecule has 1 atom stereocenters. The van der Waals surface area contributed by atoms with Gasteiger partial charge < -0.3 is 14.6 Å². The Hall–Kier alpha value is -2.02. The number of halogens is 1. The highest BCUT2D eigenvalue weighted by Gasteiger charge is 2.35. The lowest BCUT2D eigenvalue weighted by Crippen LogP contribution is -2.33. The summed E-state index contributed by atoms with van der Waals surface area (Å²) in [5.74, 6) is -0.633. The van der Waals surface area contributed by atoms with Crippen molar-refractivity contribution in [3.05, 3.63) is 34.2 Å². The van der Waals surface area contributed by atoms with Crippen LogP contribution in [0.25, 0.3) is 0 Å². The third-order valence-electron chi connectivity index (χ3n) is 5.86. The molecule has 0 saturated carbocycles. The highest BCUT2D eigenvalue weighted by molar-refractivity contribution is 9.10. The molecule has 10 nitrogen and oxygen atoms in total. The van der Waals surface area contributed by atoms with Gasteiger partial charge in [0.2, 0.25) is 15.9 Å². The zero-order valence-electron chi connectivity index (χ0n) is 17.6. The number of carboxylic acid groups (broad SMARTS) is 1. The van der Waals surface area contributed by atoms with Crippen LogP contribution in [0.1, 0.15) is 43.0 Å². The maximum Gasteiger partial charge on any atom is 0.325 e. The van der Waals surface area contributed by atoms with Crippen molar-refractivity contribution >= 4 is 31.9 Å². The number of sulfonamides is 1. The van der Waals surface area contributed by atoms with Crippen molar-refractivity contribution in [3.8, 4) is 5.88 Å². The summed E-state index contributed by atoms with van der Waals surface area (Å²) in [5, 5.41) is 13.3. The normalized spacial score (nSPS) is 19.7. The fourth-order valence-corrected chi connectivity index (χ4v) is 6.09. The zero-order valence-corrected chi connectivity index (χ0v) is 20.0. The van der Waals surface area contributed by atoms with Crippen LogP contribution in [0.2, 0.25) is 0 Å². The lowest BCUT2D eigenvalue weighted by Gasteiger charge is -2.31. The first-order valence-corrected chi connectivity index (χ1v) is 12.6. The molecule has 0 amide bonds. The van der Waals surface area contributed by atoms with Crippen molar-refractivity contribution in [2.24, 2.45) is 0 Å². The minimum Gasteiger partial charge on any atom is -0.480 e. The maximum atomic E-state index is 13.4. The molecule has 1 aliphatic heterocycles. The van der Waals surface area contributed by atoms with Gasteiger partial charge >= 0.3 is 5.97 Å².